The highest BCUT2D eigenvalue weighted by molar-refractivity contribution is 8.01. The predicted molar refractivity (Wildman–Crippen MR) is 92.9 cm³/mol. The van der Waals surface area contributed by atoms with Gasteiger partial charge in [0.2, 0.25) is 11.0 Å². The summed E-state index contributed by atoms with van der Waals surface area (Å²) < 4.78 is 13.5. The lowest BCUT2D eigenvalue weighted by atomic mass is 10.2. The maximum absolute atomic E-state index is 12.9. The van der Waals surface area contributed by atoms with Crippen molar-refractivity contribution in [2.45, 2.75) is 18.2 Å². The highest BCUT2D eigenvalue weighted by Gasteiger charge is 2.14. The van der Waals surface area contributed by atoms with Crippen molar-refractivity contribution in [3.63, 3.8) is 0 Å². The van der Waals surface area contributed by atoms with Crippen LogP contribution in [0.3, 0.4) is 0 Å². The van der Waals surface area contributed by atoms with E-state index in [1.165, 1.54) is 47.4 Å². The number of amides is 2. The van der Waals surface area contributed by atoms with Gasteiger partial charge in [-0.2, -0.15) is 0 Å². The van der Waals surface area contributed by atoms with Crippen molar-refractivity contribution < 1.29 is 14.0 Å². The second kappa shape index (κ2) is 8.74. The summed E-state index contributed by atoms with van der Waals surface area (Å²) in [5, 5.41) is 10.8. The summed E-state index contributed by atoms with van der Waals surface area (Å²) >= 11 is 2.48. The number of hydrogen-bond acceptors (Lipinski definition) is 6. The first kappa shape index (κ1) is 18.3. The van der Waals surface area contributed by atoms with E-state index in [2.05, 4.69) is 15.5 Å². The molecular formula is C15H17FN4O2S2. The molecule has 0 saturated heterocycles. The largest absolute Gasteiger partial charge is 0.343 e. The molecule has 9 heteroatoms. The van der Waals surface area contributed by atoms with Crippen molar-refractivity contribution in [2.24, 2.45) is 0 Å². The van der Waals surface area contributed by atoms with Crippen LogP contribution < -0.4 is 5.32 Å². The first-order valence-electron chi connectivity index (χ1n) is 7.34. The highest BCUT2D eigenvalue weighted by Crippen LogP contribution is 2.26. The molecule has 1 N–H and O–H groups in total. The molecule has 0 aliphatic heterocycles. The second-order valence-electron chi connectivity index (χ2n) is 4.69. The molecular weight excluding hydrogens is 351 g/mol. The molecule has 0 saturated carbocycles. The van der Waals surface area contributed by atoms with E-state index >= 15 is 0 Å². The number of aromatic nitrogens is 2. The SMILES string of the molecule is CCN(CC)C(=O)CSc1nnc(NC(=O)c2ccc(F)cc2)s1. The van der Waals surface area contributed by atoms with E-state index in [1.807, 2.05) is 13.8 Å². The molecule has 0 radical (unpaired) electrons. The second-order valence-corrected chi connectivity index (χ2v) is 6.89. The molecule has 0 aliphatic rings. The Labute approximate surface area is 147 Å². The minimum Gasteiger partial charge on any atom is -0.343 e. The predicted octanol–water partition coefficient (Wildman–Crippen LogP) is 2.89. The van der Waals surface area contributed by atoms with Gasteiger partial charge in [-0.3, -0.25) is 14.9 Å². The quantitative estimate of drug-likeness (QED) is 0.601. The first-order chi connectivity index (χ1) is 11.5. The average Bonchev–Trinajstić information content (AvgIpc) is 3.02. The Hall–Kier alpha value is -2.00. The average molecular weight is 368 g/mol. The summed E-state index contributed by atoms with van der Waals surface area (Å²) in [5.74, 6) is -0.472. The lowest BCUT2D eigenvalue weighted by molar-refractivity contribution is -0.127. The van der Waals surface area contributed by atoms with E-state index in [0.717, 1.165) is 0 Å². The molecule has 0 bridgehead atoms. The van der Waals surface area contributed by atoms with Crippen LogP contribution in [0, 0.1) is 5.82 Å². The molecule has 0 fully saturated rings. The molecule has 128 valence electrons. The van der Waals surface area contributed by atoms with Crippen molar-refractivity contribution in [3.05, 3.63) is 35.6 Å². The van der Waals surface area contributed by atoms with Gasteiger partial charge in [-0.25, -0.2) is 4.39 Å². The van der Waals surface area contributed by atoms with Crippen LogP contribution in [0.2, 0.25) is 0 Å². The molecule has 1 aromatic carbocycles. The number of rotatable bonds is 7. The number of hydrogen-bond donors (Lipinski definition) is 1. The van der Waals surface area contributed by atoms with Gasteiger partial charge in [0.1, 0.15) is 5.82 Å². The van der Waals surface area contributed by atoms with Crippen LogP contribution >= 0.6 is 23.1 Å². The van der Waals surface area contributed by atoms with Gasteiger partial charge in [-0.15, -0.1) is 10.2 Å². The molecule has 0 atom stereocenters. The van der Waals surface area contributed by atoms with Gasteiger partial charge < -0.3 is 4.90 Å². The van der Waals surface area contributed by atoms with Crippen molar-refractivity contribution in [1.82, 2.24) is 15.1 Å². The Balaban J connectivity index is 1.90. The summed E-state index contributed by atoms with van der Waals surface area (Å²) in [6.07, 6.45) is 0. The van der Waals surface area contributed by atoms with Crippen LogP contribution in [0.4, 0.5) is 9.52 Å². The van der Waals surface area contributed by atoms with E-state index in [4.69, 9.17) is 0 Å². The fraction of sp³-hybridized carbons (Fsp3) is 0.333. The normalized spacial score (nSPS) is 10.5. The van der Waals surface area contributed by atoms with E-state index in [0.29, 0.717) is 28.1 Å². The fourth-order valence-electron chi connectivity index (χ4n) is 1.88. The van der Waals surface area contributed by atoms with Crippen molar-refractivity contribution in [1.29, 1.82) is 0 Å². The lowest BCUT2D eigenvalue weighted by Gasteiger charge is -2.17. The van der Waals surface area contributed by atoms with Crippen LogP contribution in [0.5, 0.6) is 0 Å². The van der Waals surface area contributed by atoms with Gasteiger partial charge in [0, 0.05) is 18.7 Å². The monoisotopic (exact) mass is 368 g/mol. The van der Waals surface area contributed by atoms with Crippen LogP contribution in [-0.2, 0) is 4.79 Å². The smallest absolute Gasteiger partial charge is 0.257 e. The number of anilines is 1. The van der Waals surface area contributed by atoms with Crippen molar-refractivity contribution in [2.75, 3.05) is 24.2 Å². The number of thioether (sulfide) groups is 1. The molecule has 2 aromatic rings. The Kier molecular flexibility index (Phi) is 6.68. The molecule has 2 amide bonds. The third-order valence-corrected chi connectivity index (χ3v) is 5.13. The molecule has 0 aliphatic carbocycles. The zero-order valence-corrected chi connectivity index (χ0v) is 14.9. The number of halogens is 1. The number of carbonyl (C=O) groups is 2. The third-order valence-electron chi connectivity index (χ3n) is 3.17. The standard InChI is InChI=1S/C15H17FN4O2S2/c1-3-20(4-2)12(21)9-23-15-19-18-14(24-15)17-13(22)10-5-7-11(16)8-6-10/h5-8H,3-4,9H2,1-2H3,(H,17,18,22). The van der Waals surface area contributed by atoms with Gasteiger partial charge in [0.15, 0.2) is 4.34 Å². The van der Waals surface area contributed by atoms with E-state index < -0.39 is 5.82 Å². The Morgan fingerprint density at radius 3 is 2.50 bits per heavy atom. The molecule has 1 aromatic heterocycles. The minimum absolute atomic E-state index is 0.0390. The van der Waals surface area contributed by atoms with Crippen LogP contribution in [0.25, 0.3) is 0 Å². The number of carbonyl (C=O) groups excluding carboxylic acids is 2. The summed E-state index contributed by atoms with van der Waals surface area (Å²) in [5.41, 5.74) is 0.331. The topological polar surface area (TPSA) is 75.2 Å². The fourth-order valence-corrected chi connectivity index (χ4v) is 3.53. The minimum atomic E-state index is -0.404. The maximum atomic E-state index is 12.9. The van der Waals surface area contributed by atoms with Crippen LogP contribution in [-0.4, -0.2) is 45.8 Å². The molecule has 6 nitrogen and oxygen atoms in total. The summed E-state index contributed by atoms with van der Waals surface area (Å²) in [7, 11) is 0. The van der Waals surface area contributed by atoms with Gasteiger partial charge >= 0.3 is 0 Å². The van der Waals surface area contributed by atoms with Crippen LogP contribution in [0.15, 0.2) is 28.6 Å². The summed E-state index contributed by atoms with van der Waals surface area (Å²) in [6.45, 7) is 5.20. The number of benzene rings is 1. The zero-order chi connectivity index (χ0) is 17.5. The van der Waals surface area contributed by atoms with Gasteiger partial charge in [0.25, 0.3) is 5.91 Å². The van der Waals surface area contributed by atoms with E-state index in [1.54, 1.807) is 4.90 Å². The van der Waals surface area contributed by atoms with Crippen molar-refractivity contribution in [3.8, 4) is 0 Å². The Morgan fingerprint density at radius 2 is 1.88 bits per heavy atom. The Bertz CT molecular complexity index is 702. The zero-order valence-electron chi connectivity index (χ0n) is 13.3. The molecule has 1 heterocycles. The van der Waals surface area contributed by atoms with E-state index in [9.17, 15) is 14.0 Å². The lowest BCUT2D eigenvalue weighted by Crippen LogP contribution is -2.31. The van der Waals surface area contributed by atoms with Gasteiger partial charge in [-0.1, -0.05) is 23.1 Å². The molecule has 24 heavy (non-hydrogen) atoms. The van der Waals surface area contributed by atoms with Gasteiger partial charge in [-0.05, 0) is 38.1 Å². The van der Waals surface area contributed by atoms with Crippen molar-refractivity contribution >= 4 is 40.0 Å². The summed E-state index contributed by atoms with van der Waals surface area (Å²) in [6, 6.07) is 5.22. The third kappa shape index (κ3) is 5.00. The number of nitrogens with zero attached hydrogens (tertiary/aromatic N) is 3. The first-order valence-corrected chi connectivity index (χ1v) is 9.14. The molecule has 0 spiro atoms. The molecule has 0 unspecified atom stereocenters. The Morgan fingerprint density at radius 1 is 1.21 bits per heavy atom. The van der Waals surface area contributed by atoms with Gasteiger partial charge in [0.05, 0.1) is 5.75 Å². The highest BCUT2D eigenvalue weighted by atomic mass is 32.2. The summed E-state index contributed by atoms with van der Waals surface area (Å²) in [4.78, 5) is 25.7. The maximum Gasteiger partial charge on any atom is 0.257 e. The van der Waals surface area contributed by atoms with E-state index in [-0.39, 0.29) is 17.6 Å². The molecule has 2 rings (SSSR count). The number of nitrogens with one attached hydrogen (secondary N) is 1. The van der Waals surface area contributed by atoms with Crippen LogP contribution in [0.1, 0.15) is 24.2 Å².